The van der Waals surface area contributed by atoms with E-state index in [-0.39, 0.29) is 0 Å². The van der Waals surface area contributed by atoms with E-state index >= 15 is 0 Å². The summed E-state index contributed by atoms with van der Waals surface area (Å²) in [5, 5.41) is 6.16. The molecule has 1 saturated heterocycles. The second-order valence-electron chi connectivity index (χ2n) is 6.37. The van der Waals surface area contributed by atoms with Crippen molar-refractivity contribution in [2.75, 3.05) is 20.1 Å². The summed E-state index contributed by atoms with van der Waals surface area (Å²) in [6.45, 7) is 2.45. The number of hydrogen-bond acceptors (Lipinski definition) is 3. The number of likely N-dealkylation sites (tertiary alicyclic amines) is 1. The number of nitrogens with zero attached hydrogens (tertiary/aromatic N) is 1. The molecule has 0 amide bonds. The fourth-order valence-corrected chi connectivity index (χ4v) is 4.61. The van der Waals surface area contributed by atoms with Crippen LogP contribution in [0.2, 0.25) is 0 Å². The third-order valence-corrected chi connectivity index (χ3v) is 5.69. The molecule has 0 bridgehead atoms. The van der Waals surface area contributed by atoms with Gasteiger partial charge in [-0.15, -0.1) is 11.3 Å². The topological polar surface area (TPSA) is 15.3 Å². The van der Waals surface area contributed by atoms with E-state index in [1.54, 1.807) is 4.88 Å². The summed E-state index contributed by atoms with van der Waals surface area (Å²) in [6, 6.07) is 5.98. The van der Waals surface area contributed by atoms with Gasteiger partial charge in [-0.25, -0.2) is 0 Å². The van der Waals surface area contributed by atoms with Crippen LogP contribution < -0.4 is 5.32 Å². The highest BCUT2D eigenvalue weighted by Gasteiger charge is 2.28. The molecule has 3 heteroatoms. The van der Waals surface area contributed by atoms with E-state index in [1.807, 2.05) is 11.3 Å². The van der Waals surface area contributed by atoms with Crippen LogP contribution in [0.15, 0.2) is 17.5 Å². The van der Waals surface area contributed by atoms with Gasteiger partial charge in [0.2, 0.25) is 0 Å². The number of rotatable bonds is 3. The molecule has 1 N–H and O–H groups in total. The fourth-order valence-electron chi connectivity index (χ4n) is 3.77. The molecule has 2 unspecified atom stereocenters. The van der Waals surface area contributed by atoms with Crippen molar-refractivity contribution in [2.24, 2.45) is 0 Å². The second-order valence-corrected chi connectivity index (χ2v) is 7.35. The number of hydrogen-bond donors (Lipinski definition) is 1. The molecular weight excluding hydrogens is 252 g/mol. The maximum Gasteiger partial charge on any atom is 0.0204 e. The number of piperidine rings is 1. The predicted octanol–water partition coefficient (Wildman–Crippen LogP) is 3.46. The van der Waals surface area contributed by atoms with Gasteiger partial charge in [0.25, 0.3) is 0 Å². The highest BCUT2D eigenvalue weighted by atomic mass is 32.1. The third-order valence-electron chi connectivity index (χ3n) is 4.66. The van der Waals surface area contributed by atoms with E-state index in [9.17, 15) is 0 Å². The maximum absolute atomic E-state index is 3.94. The average molecular weight is 278 g/mol. The van der Waals surface area contributed by atoms with Crippen LogP contribution in [0, 0.1) is 0 Å². The Kier molecular flexibility index (Phi) is 4.57. The van der Waals surface area contributed by atoms with E-state index in [4.69, 9.17) is 0 Å². The van der Waals surface area contributed by atoms with Crippen molar-refractivity contribution in [1.29, 1.82) is 0 Å². The molecule has 19 heavy (non-hydrogen) atoms. The molecule has 1 aromatic heterocycles. The first kappa shape index (κ1) is 13.6. The lowest BCUT2D eigenvalue weighted by molar-refractivity contribution is 0.187. The summed E-state index contributed by atoms with van der Waals surface area (Å²) in [5.74, 6) is 0.736. The Morgan fingerprint density at radius 1 is 1.16 bits per heavy atom. The Morgan fingerprint density at radius 3 is 2.74 bits per heavy atom. The van der Waals surface area contributed by atoms with Crippen molar-refractivity contribution < 1.29 is 0 Å². The van der Waals surface area contributed by atoms with Gasteiger partial charge < -0.3 is 10.2 Å². The van der Waals surface area contributed by atoms with Crippen LogP contribution in [0.25, 0.3) is 0 Å². The zero-order chi connectivity index (χ0) is 13.1. The minimum absolute atomic E-state index is 0.689. The van der Waals surface area contributed by atoms with Gasteiger partial charge in [-0.2, -0.15) is 0 Å². The first-order valence-corrected chi connectivity index (χ1v) is 8.67. The largest absolute Gasteiger partial charge is 0.310 e. The minimum Gasteiger partial charge on any atom is -0.310 e. The van der Waals surface area contributed by atoms with E-state index in [1.165, 1.54) is 51.6 Å². The zero-order valence-electron chi connectivity index (χ0n) is 12.0. The number of nitrogens with one attached hydrogen (secondary N) is 1. The number of likely N-dealkylation sites (N-methyl/N-ethyl adjacent to an activating group) is 1. The van der Waals surface area contributed by atoms with Crippen molar-refractivity contribution in [3.8, 4) is 0 Å². The van der Waals surface area contributed by atoms with Crippen LogP contribution in [0.4, 0.5) is 0 Å². The van der Waals surface area contributed by atoms with Gasteiger partial charge in [-0.3, -0.25) is 0 Å². The normalized spacial score (nSPS) is 30.6. The monoisotopic (exact) mass is 278 g/mol. The molecule has 1 saturated carbocycles. The minimum atomic E-state index is 0.689. The summed E-state index contributed by atoms with van der Waals surface area (Å²) in [5.41, 5.74) is 0. The first-order valence-electron chi connectivity index (χ1n) is 7.79. The van der Waals surface area contributed by atoms with Crippen molar-refractivity contribution in [2.45, 2.75) is 56.5 Å². The summed E-state index contributed by atoms with van der Waals surface area (Å²) in [7, 11) is 2.27. The van der Waals surface area contributed by atoms with Crippen LogP contribution in [-0.2, 0) is 0 Å². The molecule has 1 aromatic rings. The molecule has 3 rings (SSSR count). The standard InChI is InChI=1S/C16H26N2S/c1-18-11-13(16-8-5-9-19-16)10-15(12-18)17-14-6-3-2-4-7-14/h5,8-9,13-15,17H,2-4,6-7,10-12H2,1H3. The van der Waals surface area contributed by atoms with E-state index in [0.717, 1.165) is 12.0 Å². The summed E-state index contributed by atoms with van der Waals surface area (Å²) < 4.78 is 0. The van der Waals surface area contributed by atoms with Crippen molar-refractivity contribution in [1.82, 2.24) is 10.2 Å². The van der Waals surface area contributed by atoms with Crippen molar-refractivity contribution in [3.05, 3.63) is 22.4 Å². The Balaban J connectivity index is 1.58. The average Bonchev–Trinajstić information content (AvgIpc) is 2.93. The second kappa shape index (κ2) is 6.38. The highest BCUT2D eigenvalue weighted by Crippen LogP contribution is 2.30. The Morgan fingerprint density at radius 2 is 2.00 bits per heavy atom. The van der Waals surface area contributed by atoms with Gasteiger partial charge in [-0.1, -0.05) is 25.3 Å². The molecule has 2 aliphatic rings. The van der Waals surface area contributed by atoms with Crippen LogP contribution in [0.3, 0.4) is 0 Å². The van der Waals surface area contributed by atoms with E-state index in [2.05, 4.69) is 34.8 Å². The molecule has 2 atom stereocenters. The lowest BCUT2D eigenvalue weighted by atomic mass is 9.90. The predicted molar refractivity (Wildman–Crippen MR) is 83.0 cm³/mol. The first-order chi connectivity index (χ1) is 9.31. The Hall–Kier alpha value is -0.380. The van der Waals surface area contributed by atoms with Gasteiger partial charge in [-0.05, 0) is 37.8 Å². The van der Waals surface area contributed by atoms with E-state index < -0.39 is 0 Å². The van der Waals surface area contributed by atoms with Crippen LogP contribution in [0.1, 0.15) is 49.3 Å². The van der Waals surface area contributed by atoms with Crippen molar-refractivity contribution >= 4 is 11.3 Å². The smallest absolute Gasteiger partial charge is 0.0204 e. The quantitative estimate of drug-likeness (QED) is 0.911. The molecule has 106 valence electrons. The highest BCUT2D eigenvalue weighted by molar-refractivity contribution is 7.10. The van der Waals surface area contributed by atoms with Gasteiger partial charge in [0.15, 0.2) is 0 Å². The lowest BCUT2D eigenvalue weighted by Gasteiger charge is -2.38. The summed E-state index contributed by atoms with van der Waals surface area (Å²) >= 11 is 1.93. The van der Waals surface area contributed by atoms with Gasteiger partial charge in [0, 0.05) is 36.0 Å². The fraction of sp³-hybridized carbons (Fsp3) is 0.750. The lowest BCUT2D eigenvalue weighted by Crippen LogP contribution is -2.50. The molecule has 2 fully saturated rings. The molecule has 1 aliphatic carbocycles. The SMILES string of the molecule is CN1CC(NC2CCCCC2)CC(c2cccs2)C1. The van der Waals surface area contributed by atoms with Gasteiger partial charge in [0.1, 0.15) is 0 Å². The maximum atomic E-state index is 3.94. The Bertz CT molecular complexity index is 370. The molecule has 2 nitrogen and oxygen atoms in total. The molecule has 1 aliphatic heterocycles. The van der Waals surface area contributed by atoms with Crippen LogP contribution >= 0.6 is 11.3 Å². The summed E-state index contributed by atoms with van der Waals surface area (Å²) in [4.78, 5) is 4.08. The molecular formula is C16H26N2S. The van der Waals surface area contributed by atoms with Crippen molar-refractivity contribution in [3.63, 3.8) is 0 Å². The zero-order valence-corrected chi connectivity index (χ0v) is 12.8. The molecule has 2 heterocycles. The molecule has 0 aromatic carbocycles. The number of thiophene rings is 1. The Labute approximate surface area is 121 Å². The summed E-state index contributed by atoms with van der Waals surface area (Å²) in [6.07, 6.45) is 8.40. The van der Waals surface area contributed by atoms with Crippen LogP contribution in [-0.4, -0.2) is 37.1 Å². The van der Waals surface area contributed by atoms with Gasteiger partial charge >= 0.3 is 0 Å². The molecule has 0 spiro atoms. The van der Waals surface area contributed by atoms with Gasteiger partial charge in [0.05, 0.1) is 0 Å². The molecule has 0 radical (unpaired) electrons. The third kappa shape index (κ3) is 3.59. The van der Waals surface area contributed by atoms with Crippen LogP contribution in [0.5, 0.6) is 0 Å². The van der Waals surface area contributed by atoms with E-state index in [0.29, 0.717) is 6.04 Å².